The van der Waals surface area contributed by atoms with Crippen LogP contribution >= 0.6 is 15.9 Å². The van der Waals surface area contributed by atoms with Crippen molar-refractivity contribution in [3.8, 4) is 0 Å². The van der Waals surface area contributed by atoms with E-state index in [2.05, 4.69) is 52.0 Å². The molecule has 0 amide bonds. The van der Waals surface area contributed by atoms with E-state index in [0.29, 0.717) is 0 Å². The average molecular weight is 326 g/mol. The van der Waals surface area contributed by atoms with Gasteiger partial charge in [-0.15, -0.1) is 0 Å². The Balaban J connectivity index is 1.96. The predicted molar refractivity (Wildman–Crippen MR) is 83.4 cm³/mol. The zero-order valence-electron chi connectivity index (χ0n) is 11.7. The second-order valence-corrected chi connectivity index (χ2v) is 6.64. The van der Waals surface area contributed by atoms with Crippen molar-refractivity contribution in [3.63, 3.8) is 0 Å². The molecule has 1 unspecified atom stereocenters. The van der Waals surface area contributed by atoms with Gasteiger partial charge in [0.05, 0.1) is 5.60 Å². The summed E-state index contributed by atoms with van der Waals surface area (Å²) < 4.78 is 1.10. The maximum absolute atomic E-state index is 10.8. The first kappa shape index (κ1) is 15.0. The van der Waals surface area contributed by atoms with Crippen LogP contribution in [0.1, 0.15) is 38.2 Å². The Bertz CT molecular complexity index is 392. The van der Waals surface area contributed by atoms with Crippen LogP contribution in [0.5, 0.6) is 0 Å². The van der Waals surface area contributed by atoms with E-state index < -0.39 is 5.60 Å². The number of hydrogen-bond acceptors (Lipinski definition) is 2. The van der Waals surface area contributed by atoms with Crippen molar-refractivity contribution in [3.05, 3.63) is 34.3 Å². The fourth-order valence-corrected chi connectivity index (χ4v) is 3.20. The number of likely N-dealkylation sites (tertiary alicyclic amines) is 1. The van der Waals surface area contributed by atoms with Crippen LogP contribution in [-0.2, 0) is 6.42 Å². The van der Waals surface area contributed by atoms with Gasteiger partial charge in [0.15, 0.2) is 0 Å². The predicted octanol–water partition coefficient (Wildman–Crippen LogP) is 3.62. The van der Waals surface area contributed by atoms with Crippen LogP contribution in [0, 0.1) is 0 Å². The van der Waals surface area contributed by atoms with Gasteiger partial charge in [0, 0.05) is 17.4 Å². The van der Waals surface area contributed by atoms with Crippen molar-refractivity contribution in [2.75, 3.05) is 19.6 Å². The third-order valence-electron chi connectivity index (χ3n) is 4.00. The molecule has 1 heterocycles. The number of rotatable bonds is 4. The summed E-state index contributed by atoms with van der Waals surface area (Å²) in [4.78, 5) is 2.49. The first-order chi connectivity index (χ1) is 9.11. The lowest BCUT2D eigenvalue weighted by Crippen LogP contribution is -2.33. The molecule has 1 fully saturated rings. The number of aliphatic hydroxyl groups is 1. The zero-order valence-corrected chi connectivity index (χ0v) is 13.3. The van der Waals surface area contributed by atoms with Crippen LogP contribution in [0.4, 0.5) is 0 Å². The van der Waals surface area contributed by atoms with E-state index in [4.69, 9.17) is 0 Å². The molecule has 1 aromatic rings. The molecule has 2 rings (SSSR count). The molecule has 106 valence electrons. The maximum Gasteiger partial charge on any atom is 0.0700 e. The van der Waals surface area contributed by atoms with Crippen LogP contribution in [0.2, 0.25) is 0 Å². The molecule has 1 aliphatic rings. The summed E-state index contributed by atoms with van der Waals surface area (Å²) in [7, 11) is 0. The molecule has 1 saturated heterocycles. The molecular formula is C16H24BrNO. The molecule has 1 aromatic carbocycles. The van der Waals surface area contributed by atoms with Gasteiger partial charge in [-0.1, -0.05) is 35.0 Å². The Morgan fingerprint density at radius 2 is 1.95 bits per heavy atom. The highest BCUT2D eigenvalue weighted by Crippen LogP contribution is 2.27. The van der Waals surface area contributed by atoms with Crippen molar-refractivity contribution >= 4 is 15.9 Å². The van der Waals surface area contributed by atoms with Crippen LogP contribution in [0.15, 0.2) is 28.7 Å². The summed E-state index contributed by atoms with van der Waals surface area (Å²) in [5, 5.41) is 10.8. The number of hydrogen-bond donors (Lipinski definition) is 1. The Morgan fingerprint density at radius 3 is 2.63 bits per heavy atom. The van der Waals surface area contributed by atoms with Gasteiger partial charge in [-0.2, -0.15) is 0 Å². The molecule has 1 N–H and O–H groups in total. The summed E-state index contributed by atoms with van der Waals surface area (Å²) in [6.07, 6.45) is 4.89. The van der Waals surface area contributed by atoms with Crippen molar-refractivity contribution in [1.29, 1.82) is 0 Å². The standard InChI is InChI=1S/C16H24BrNO/c1-2-10-18-11-3-8-16(19,9-12-18)13-14-4-6-15(17)7-5-14/h4-7,19H,2-3,8-13H2,1H3. The molecule has 2 nitrogen and oxygen atoms in total. The zero-order chi connectivity index (χ0) is 13.7. The van der Waals surface area contributed by atoms with Gasteiger partial charge < -0.3 is 10.0 Å². The van der Waals surface area contributed by atoms with E-state index in [1.54, 1.807) is 0 Å². The van der Waals surface area contributed by atoms with Gasteiger partial charge >= 0.3 is 0 Å². The molecule has 1 aliphatic heterocycles. The van der Waals surface area contributed by atoms with Gasteiger partial charge in [-0.3, -0.25) is 0 Å². The fourth-order valence-electron chi connectivity index (χ4n) is 2.93. The quantitative estimate of drug-likeness (QED) is 0.913. The van der Waals surface area contributed by atoms with Gasteiger partial charge in [0.2, 0.25) is 0 Å². The van der Waals surface area contributed by atoms with Crippen molar-refractivity contribution in [2.24, 2.45) is 0 Å². The van der Waals surface area contributed by atoms with E-state index in [9.17, 15) is 5.11 Å². The molecule has 0 spiro atoms. The molecule has 0 aliphatic carbocycles. The lowest BCUT2D eigenvalue weighted by molar-refractivity contribution is 0.0257. The van der Waals surface area contributed by atoms with Crippen LogP contribution in [-0.4, -0.2) is 35.2 Å². The molecule has 0 bridgehead atoms. The topological polar surface area (TPSA) is 23.5 Å². The third-order valence-corrected chi connectivity index (χ3v) is 4.52. The SMILES string of the molecule is CCCN1CCCC(O)(Cc2ccc(Br)cc2)CC1. The molecule has 0 radical (unpaired) electrons. The van der Waals surface area contributed by atoms with Gasteiger partial charge in [-0.25, -0.2) is 0 Å². The smallest absolute Gasteiger partial charge is 0.0700 e. The average Bonchev–Trinajstić information content (AvgIpc) is 2.56. The van der Waals surface area contributed by atoms with E-state index >= 15 is 0 Å². The van der Waals surface area contributed by atoms with Crippen LogP contribution < -0.4 is 0 Å². The monoisotopic (exact) mass is 325 g/mol. The summed E-state index contributed by atoms with van der Waals surface area (Å²) in [6.45, 7) is 5.55. The molecule has 3 heteroatoms. The van der Waals surface area contributed by atoms with E-state index in [1.165, 1.54) is 12.0 Å². The minimum Gasteiger partial charge on any atom is -0.389 e. The van der Waals surface area contributed by atoms with Crippen LogP contribution in [0.3, 0.4) is 0 Å². The lowest BCUT2D eigenvalue weighted by Gasteiger charge is -2.27. The first-order valence-electron chi connectivity index (χ1n) is 7.30. The van der Waals surface area contributed by atoms with Crippen molar-refractivity contribution in [2.45, 2.75) is 44.6 Å². The summed E-state index contributed by atoms with van der Waals surface area (Å²) in [6, 6.07) is 8.32. The van der Waals surface area contributed by atoms with E-state index in [-0.39, 0.29) is 0 Å². The van der Waals surface area contributed by atoms with Crippen LogP contribution in [0.25, 0.3) is 0 Å². The molecular weight excluding hydrogens is 302 g/mol. The highest BCUT2D eigenvalue weighted by Gasteiger charge is 2.30. The van der Waals surface area contributed by atoms with Gasteiger partial charge in [-0.05, 0) is 56.5 Å². The van der Waals surface area contributed by atoms with E-state index in [0.717, 1.165) is 49.8 Å². The fraction of sp³-hybridized carbons (Fsp3) is 0.625. The number of halogens is 1. The van der Waals surface area contributed by atoms with E-state index in [1.807, 2.05) is 0 Å². The molecule has 0 aromatic heterocycles. The highest BCUT2D eigenvalue weighted by molar-refractivity contribution is 9.10. The molecule has 1 atom stereocenters. The number of benzene rings is 1. The Hall–Kier alpha value is -0.380. The van der Waals surface area contributed by atoms with Gasteiger partial charge in [0.1, 0.15) is 0 Å². The molecule has 19 heavy (non-hydrogen) atoms. The van der Waals surface area contributed by atoms with Crippen molar-refractivity contribution < 1.29 is 5.11 Å². The largest absolute Gasteiger partial charge is 0.389 e. The number of nitrogens with zero attached hydrogens (tertiary/aromatic N) is 1. The first-order valence-corrected chi connectivity index (χ1v) is 8.10. The lowest BCUT2D eigenvalue weighted by atomic mass is 9.88. The second-order valence-electron chi connectivity index (χ2n) is 5.72. The minimum atomic E-state index is -0.518. The normalized spacial score (nSPS) is 25.2. The Labute approximate surface area is 124 Å². The highest BCUT2D eigenvalue weighted by atomic mass is 79.9. The summed E-state index contributed by atoms with van der Waals surface area (Å²) >= 11 is 3.45. The van der Waals surface area contributed by atoms with Crippen molar-refractivity contribution in [1.82, 2.24) is 4.90 Å². The molecule has 0 saturated carbocycles. The van der Waals surface area contributed by atoms with Gasteiger partial charge in [0.25, 0.3) is 0 Å². The maximum atomic E-state index is 10.8. The Kier molecular flexibility index (Phi) is 5.43. The third kappa shape index (κ3) is 4.59. The Morgan fingerprint density at radius 1 is 1.21 bits per heavy atom. The second kappa shape index (κ2) is 6.87. The minimum absolute atomic E-state index is 0.518. The summed E-state index contributed by atoms with van der Waals surface area (Å²) in [5.74, 6) is 0. The summed E-state index contributed by atoms with van der Waals surface area (Å²) in [5.41, 5.74) is 0.714.